The largest absolute Gasteiger partial charge is 0.486 e. The molecule has 0 unspecified atom stereocenters. The number of rotatable bonds is 5. The first-order valence-electron chi connectivity index (χ1n) is 6.19. The van der Waals surface area contributed by atoms with Crippen molar-refractivity contribution in [2.24, 2.45) is 0 Å². The van der Waals surface area contributed by atoms with E-state index >= 15 is 0 Å². The lowest BCUT2D eigenvalue weighted by Gasteiger charge is -2.18. The van der Waals surface area contributed by atoms with Crippen molar-refractivity contribution >= 4 is 40.8 Å². The Morgan fingerprint density at radius 3 is 2.90 bits per heavy atom. The van der Waals surface area contributed by atoms with Gasteiger partial charge in [-0.05, 0) is 36.0 Å². The molecule has 0 amide bonds. The molecule has 0 atom stereocenters. The molecule has 0 spiro atoms. The van der Waals surface area contributed by atoms with Crippen molar-refractivity contribution in [3.63, 3.8) is 0 Å². The van der Waals surface area contributed by atoms with E-state index in [2.05, 4.69) is 9.36 Å². The van der Waals surface area contributed by atoms with Crippen molar-refractivity contribution in [3.8, 4) is 11.5 Å². The summed E-state index contributed by atoms with van der Waals surface area (Å²) in [6.07, 6.45) is 1.93. The van der Waals surface area contributed by atoms with E-state index in [4.69, 9.17) is 9.47 Å². The lowest BCUT2D eigenvalue weighted by atomic mass is 10.1. The van der Waals surface area contributed by atoms with Crippen LogP contribution in [0, 0.1) is 0 Å². The van der Waals surface area contributed by atoms with Gasteiger partial charge in [-0.25, -0.2) is 4.98 Å². The number of hydrogen-bond acceptors (Lipinski definition) is 8. The molecule has 21 heavy (non-hydrogen) atoms. The zero-order valence-electron chi connectivity index (χ0n) is 11.2. The highest BCUT2D eigenvalue weighted by Crippen LogP contribution is 2.31. The SMILES string of the molecule is CSc1nsc(SCC(=O)c2ccc3c(c2)OCCO3)n1. The zero-order valence-corrected chi connectivity index (χ0v) is 13.6. The van der Waals surface area contributed by atoms with Gasteiger partial charge in [0, 0.05) is 5.56 Å². The fourth-order valence-corrected chi connectivity index (χ4v) is 3.87. The van der Waals surface area contributed by atoms with E-state index in [1.807, 2.05) is 6.26 Å². The summed E-state index contributed by atoms with van der Waals surface area (Å²) in [7, 11) is 0. The van der Waals surface area contributed by atoms with Crippen molar-refractivity contribution in [1.29, 1.82) is 0 Å². The molecular formula is C13H12N2O3S3. The second kappa shape index (κ2) is 6.67. The average molecular weight is 340 g/mol. The topological polar surface area (TPSA) is 61.3 Å². The molecular weight excluding hydrogens is 328 g/mol. The minimum atomic E-state index is 0.0397. The molecule has 0 fully saturated rings. The Balaban J connectivity index is 1.65. The quantitative estimate of drug-likeness (QED) is 0.612. The molecule has 2 aromatic rings. The standard InChI is InChI=1S/C13H12N2O3S3/c1-19-12-14-13(21-15-12)20-7-9(16)8-2-3-10-11(6-8)18-5-4-17-10/h2-3,6H,4-5,7H2,1H3. The molecule has 0 N–H and O–H groups in total. The Morgan fingerprint density at radius 2 is 2.14 bits per heavy atom. The van der Waals surface area contributed by atoms with Gasteiger partial charge in [0.2, 0.25) is 5.16 Å². The Kier molecular flexibility index (Phi) is 4.67. The number of carbonyl (C=O) groups excluding carboxylic acids is 1. The van der Waals surface area contributed by atoms with E-state index in [0.717, 1.165) is 9.50 Å². The first-order valence-corrected chi connectivity index (χ1v) is 9.18. The summed E-state index contributed by atoms with van der Waals surface area (Å²) in [6, 6.07) is 5.29. The lowest BCUT2D eigenvalue weighted by molar-refractivity contribution is 0.102. The van der Waals surface area contributed by atoms with Crippen LogP contribution in [0.5, 0.6) is 11.5 Å². The second-order valence-electron chi connectivity index (χ2n) is 4.12. The molecule has 3 rings (SSSR count). The van der Waals surface area contributed by atoms with Crippen molar-refractivity contribution in [1.82, 2.24) is 9.36 Å². The number of carbonyl (C=O) groups is 1. The van der Waals surface area contributed by atoms with E-state index in [9.17, 15) is 4.79 Å². The first kappa shape index (κ1) is 14.7. The van der Waals surface area contributed by atoms with Crippen LogP contribution in [0.15, 0.2) is 27.7 Å². The van der Waals surface area contributed by atoms with Crippen LogP contribution in [0.25, 0.3) is 0 Å². The number of thioether (sulfide) groups is 2. The van der Waals surface area contributed by atoms with Crippen LogP contribution < -0.4 is 9.47 Å². The summed E-state index contributed by atoms with van der Waals surface area (Å²) in [5.74, 6) is 1.71. The molecule has 1 aromatic carbocycles. The summed E-state index contributed by atoms with van der Waals surface area (Å²) >= 11 is 4.22. The number of ketones is 1. The Bertz CT molecular complexity index is 660. The van der Waals surface area contributed by atoms with Crippen molar-refractivity contribution in [2.75, 3.05) is 25.2 Å². The normalized spacial score (nSPS) is 13.2. The minimum absolute atomic E-state index is 0.0397. The molecule has 8 heteroatoms. The van der Waals surface area contributed by atoms with Crippen LogP contribution in [0.2, 0.25) is 0 Å². The molecule has 0 radical (unpaired) electrons. The number of nitrogens with zero attached hydrogens (tertiary/aromatic N) is 2. The van der Waals surface area contributed by atoms with Gasteiger partial charge in [0.05, 0.1) is 5.75 Å². The third-order valence-electron chi connectivity index (χ3n) is 2.76. The maximum atomic E-state index is 12.2. The van der Waals surface area contributed by atoms with Gasteiger partial charge in [0.15, 0.2) is 21.6 Å². The number of fused-ring (bicyclic) bond motifs is 1. The summed E-state index contributed by atoms with van der Waals surface area (Å²) in [6.45, 7) is 1.06. The number of aromatic nitrogens is 2. The molecule has 1 aliphatic rings. The van der Waals surface area contributed by atoms with Crippen LogP contribution in [-0.2, 0) is 0 Å². The van der Waals surface area contributed by atoms with E-state index < -0.39 is 0 Å². The number of benzene rings is 1. The molecule has 0 bridgehead atoms. The van der Waals surface area contributed by atoms with Gasteiger partial charge >= 0.3 is 0 Å². The molecule has 1 aliphatic heterocycles. The highest BCUT2D eigenvalue weighted by atomic mass is 32.2. The maximum absolute atomic E-state index is 12.2. The van der Waals surface area contributed by atoms with Crippen molar-refractivity contribution in [2.45, 2.75) is 9.50 Å². The van der Waals surface area contributed by atoms with Gasteiger partial charge < -0.3 is 9.47 Å². The third-order valence-corrected chi connectivity index (χ3v) is 5.26. The van der Waals surface area contributed by atoms with E-state index in [-0.39, 0.29) is 5.78 Å². The first-order chi connectivity index (χ1) is 10.3. The van der Waals surface area contributed by atoms with Gasteiger partial charge in [-0.15, -0.1) is 0 Å². The van der Waals surface area contributed by atoms with E-state index in [0.29, 0.717) is 36.0 Å². The smallest absolute Gasteiger partial charge is 0.200 e. The second-order valence-corrected chi connectivity index (χ2v) is 6.86. The summed E-state index contributed by atoms with van der Waals surface area (Å²) in [5.41, 5.74) is 0.626. The predicted molar refractivity (Wildman–Crippen MR) is 84.2 cm³/mol. The van der Waals surface area contributed by atoms with Crippen molar-refractivity contribution in [3.05, 3.63) is 23.8 Å². The predicted octanol–water partition coefficient (Wildman–Crippen LogP) is 3.01. The van der Waals surface area contributed by atoms with E-state index in [1.165, 1.54) is 35.1 Å². The number of hydrogen-bond donors (Lipinski definition) is 0. The molecule has 5 nitrogen and oxygen atoms in total. The zero-order chi connectivity index (χ0) is 14.7. The Hall–Kier alpha value is -1.25. The van der Waals surface area contributed by atoms with Crippen molar-refractivity contribution < 1.29 is 14.3 Å². The summed E-state index contributed by atoms with van der Waals surface area (Å²) < 4.78 is 15.9. The molecule has 2 heterocycles. The Labute approximate surface area is 134 Å². The van der Waals surface area contributed by atoms with Crippen LogP contribution in [-0.4, -0.2) is 40.4 Å². The van der Waals surface area contributed by atoms with Gasteiger partial charge in [-0.2, -0.15) is 4.37 Å². The third kappa shape index (κ3) is 3.50. The van der Waals surface area contributed by atoms with Crippen LogP contribution in [0.1, 0.15) is 10.4 Å². The van der Waals surface area contributed by atoms with E-state index in [1.54, 1.807) is 18.2 Å². The summed E-state index contributed by atoms with van der Waals surface area (Å²) in [4.78, 5) is 16.5. The average Bonchev–Trinajstić information content (AvgIpc) is 3.00. The lowest BCUT2D eigenvalue weighted by Crippen LogP contribution is -2.16. The molecule has 1 aromatic heterocycles. The monoisotopic (exact) mass is 340 g/mol. The van der Waals surface area contributed by atoms with Gasteiger partial charge in [-0.1, -0.05) is 23.5 Å². The molecule has 110 valence electrons. The molecule has 0 aliphatic carbocycles. The number of ether oxygens (including phenoxy) is 2. The summed E-state index contributed by atoms with van der Waals surface area (Å²) in [5, 5.41) is 0.745. The van der Waals surface area contributed by atoms with Gasteiger partial charge in [0.1, 0.15) is 13.2 Å². The highest BCUT2D eigenvalue weighted by Gasteiger charge is 2.15. The molecule has 0 saturated heterocycles. The van der Waals surface area contributed by atoms with Crippen LogP contribution >= 0.6 is 35.1 Å². The van der Waals surface area contributed by atoms with Gasteiger partial charge in [0.25, 0.3) is 0 Å². The highest BCUT2D eigenvalue weighted by molar-refractivity contribution is 8.01. The maximum Gasteiger partial charge on any atom is 0.200 e. The van der Waals surface area contributed by atoms with Crippen LogP contribution in [0.4, 0.5) is 0 Å². The fourth-order valence-electron chi connectivity index (χ4n) is 1.77. The fraction of sp³-hybridized carbons (Fsp3) is 0.308. The van der Waals surface area contributed by atoms with Gasteiger partial charge in [-0.3, -0.25) is 4.79 Å². The molecule has 0 saturated carbocycles. The van der Waals surface area contributed by atoms with Crippen LogP contribution in [0.3, 0.4) is 0 Å². The minimum Gasteiger partial charge on any atom is -0.486 e. The Morgan fingerprint density at radius 1 is 1.33 bits per heavy atom. The number of Topliss-reactive ketones (excluding diaryl/α,β-unsaturated/α-hetero) is 1.